The van der Waals surface area contributed by atoms with E-state index in [1.54, 1.807) is 26.1 Å². The van der Waals surface area contributed by atoms with Crippen molar-refractivity contribution in [2.75, 3.05) is 25.2 Å². The molecule has 7 heteroatoms. The molecule has 0 unspecified atom stereocenters. The monoisotopic (exact) mass is 375 g/mol. The Morgan fingerprint density at radius 1 is 1.38 bits per heavy atom. The van der Waals surface area contributed by atoms with Crippen LogP contribution in [0.1, 0.15) is 13.3 Å². The molecule has 2 rings (SSSR count). The lowest BCUT2D eigenvalue weighted by atomic mass is 10.00. The van der Waals surface area contributed by atoms with Crippen molar-refractivity contribution in [1.29, 1.82) is 0 Å². The van der Waals surface area contributed by atoms with Crippen LogP contribution >= 0.6 is 15.9 Å². The predicted octanol–water partition coefficient (Wildman–Crippen LogP) is 1.86. The Balaban J connectivity index is 1.95. The van der Waals surface area contributed by atoms with Crippen LogP contribution in [0.2, 0.25) is 0 Å². The molecule has 1 atom stereocenters. The molecule has 21 heavy (non-hydrogen) atoms. The lowest BCUT2D eigenvalue weighted by Gasteiger charge is -2.34. The van der Waals surface area contributed by atoms with Gasteiger partial charge in [0.2, 0.25) is 0 Å². The van der Waals surface area contributed by atoms with Gasteiger partial charge in [0.15, 0.2) is 16.4 Å². The van der Waals surface area contributed by atoms with E-state index >= 15 is 0 Å². The number of ether oxygens (including phenoxy) is 1. The van der Waals surface area contributed by atoms with Crippen LogP contribution in [-0.2, 0) is 14.6 Å². The zero-order valence-electron chi connectivity index (χ0n) is 12.0. The average Bonchev–Trinajstić information content (AvgIpc) is 2.72. The highest BCUT2D eigenvalue weighted by atomic mass is 79.9. The number of carbonyl (C=O) groups excluding carboxylic acids is 1. The maximum absolute atomic E-state index is 12.2. The highest BCUT2D eigenvalue weighted by Crippen LogP contribution is 2.28. The van der Waals surface area contributed by atoms with Crippen LogP contribution < -0.4 is 4.74 Å². The fourth-order valence-electron chi connectivity index (χ4n) is 2.33. The maximum Gasteiger partial charge on any atom is 0.260 e. The quantitative estimate of drug-likeness (QED) is 0.805. The summed E-state index contributed by atoms with van der Waals surface area (Å²) in [6.07, 6.45) is 0.468. The first-order valence-corrected chi connectivity index (χ1v) is 9.19. The van der Waals surface area contributed by atoms with Crippen molar-refractivity contribution < 1.29 is 17.9 Å². The van der Waals surface area contributed by atoms with Crippen molar-refractivity contribution in [3.63, 3.8) is 0 Å². The van der Waals surface area contributed by atoms with E-state index < -0.39 is 15.4 Å². The van der Waals surface area contributed by atoms with Gasteiger partial charge in [-0.05, 0) is 37.6 Å². The predicted molar refractivity (Wildman–Crippen MR) is 84.1 cm³/mol. The van der Waals surface area contributed by atoms with Crippen LogP contribution in [0.25, 0.3) is 0 Å². The Labute approximate surface area is 133 Å². The van der Waals surface area contributed by atoms with Crippen molar-refractivity contribution in [2.45, 2.75) is 18.9 Å². The van der Waals surface area contributed by atoms with Gasteiger partial charge in [-0.1, -0.05) is 15.9 Å². The molecule has 0 spiro atoms. The normalized spacial score (nSPS) is 23.8. The first-order valence-electron chi connectivity index (χ1n) is 6.57. The Kier molecular flexibility index (Phi) is 4.63. The summed E-state index contributed by atoms with van der Waals surface area (Å²) < 4.78 is 29.6. The van der Waals surface area contributed by atoms with Crippen molar-refractivity contribution in [2.24, 2.45) is 0 Å². The van der Waals surface area contributed by atoms with Crippen molar-refractivity contribution in [3.8, 4) is 5.75 Å². The molecular weight excluding hydrogens is 358 g/mol. The molecule has 1 aromatic rings. The largest absolute Gasteiger partial charge is 0.484 e. The third kappa shape index (κ3) is 3.97. The summed E-state index contributed by atoms with van der Waals surface area (Å²) in [5.41, 5.74) is -0.640. The summed E-state index contributed by atoms with van der Waals surface area (Å²) in [6.45, 7) is 1.70. The van der Waals surface area contributed by atoms with Crippen molar-refractivity contribution in [1.82, 2.24) is 4.90 Å². The fraction of sp³-hybridized carbons (Fsp3) is 0.500. The smallest absolute Gasteiger partial charge is 0.260 e. The number of hydrogen-bond acceptors (Lipinski definition) is 4. The number of hydrogen-bond donors (Lipinski definition) is 0. The molecule has 1 aliphatic rings. The number of nitrogens with zero attached hydrogens (tertiary/aromatic N) is 1. The summed E-state index contributed by atoms with van der Waals surface area (Å²) in [4.78, 5) is 13.7. The van der Waals surface area contributed by atoms with Crippen LogP contribution in [0, 0.1) is 0 Å². The number of halogens is 1. The van der Waals surface area contributed by atoms with E-state index in [-0.39, 0.29) is 24.0 Å². The van der Waals surface area contributed by atoms with Gasteiger partial charge in [0.05, 0.1) is 17.0 Å². The molecule has 116 valence electrons. The van der Waals surface area contributed by atoms with Crippen LogP contribution in [0.4, 0.5) is 0 Å². The minimum absolute atomic E-state index is 0.0144. The van der Waals surface area contributed by atoms with Gasteiger partial charge in [0, 0.05) is 11.5 Å². The second-order valence-electron chi connectivity index (χ2n) is 5.53. The summed E-state index contributed by atoms with van der Waals surface area (Å²) in [6, 6.07) is 7.18. The molecule has 0 saturated carbocycles. The van der Waals surface area contributed by atoms with Crippen LogP contribution in [0.15, 0.2) is 28.7 Å². The van der Waals surface area contributed by atoms with Gasteiger partial charge in [-0.15, -0.1) is 0 Å². The fourth-order valence-corrected chi connectivity index (χ4v) is 4.78. The lowest BCUT2D eigenvalue weighted by molar-refractivity contribution is -0.136. The second-order valence-corrected chi connectivity index (χ2v) is 8.63. The molecule has 0 N–H and O–H groups in total. The minimum atomic E-state index is -3.04. The van der Waals surface area contributed by atoms with E-state index in [4.69, 9.17) is 4.74 Å². The van der Waals surface area contributed by atoms with Crippen molar-refractivity contribution >= 4 is 31.7 Å². The number of benzene rings is 1. The Morgan fingerprint density at radius 3 is 2.52 bits per heavy atom. The molecule has 1 saturated heterocycles. The SMILES string of the molecule is CN(C(=O)COc1ccc(Br)cc1)[C@@]1(C)CCS(=O)(=O)C1. The average molecular weight is 376 g/mol. The van der Waals surface area contributed by atoms with Gasteiger partial charge in [-0.2, -0.15) is 0 Å². The molecule has 5 nitrogen and oxygen atoms in total. The highest BCUT2D eigenvalue weighted by molar-refractivity contribution is 9.10. The zero-order chi connectivity index (χ0) is 15.7. The van der Waals surface area contributed by atoms with E-state index in [9.17, 15) is 13.2 Å². The van der Waals surface area contributed by atoms with E-state index in [1.807, 2.05) is 12.1 Å². The summed E-state index contributed by atoms with van der Waals surface area (Å²) >= 11 is 3.32. The van der Waals surface area contributed by atoms with Gasteiger partial charge in [0.25, 0.3) is 5.91 Å². The van der Waals surface area contributed by atoms with Gasteiger partial charge in [-0.3, -0.25) is 4.79 Å². The van der Waals surface area contributed by atoms with E-state index in [2.05, 4.69) is 15.9 Å². The topological polar surface area (TPSA) is 63.7 Å². The lowest BCUT2D eigenvalue weighted by Crippen LogP contribution is -2.49. The van der Waals surface area contributed by atoms with Crippen LogP contribution in [0.3, 0.4) is 0 Å². The van der Waals surface area contributed by atoms with Crippen LogP contribution in [-0.4, -0.2) is 49.9 Å². The molecule has 0 aromatic heterocycles. The molecule has 0 bridgehead atoms. The minimum Gasteiger partial charge on any atom is -0.484 e. The van der Waals surface area contributed by atoms with Crippen LogP contribution in [0.5, 0.6) is 5.75 Å². The number of likely N-dealkylation sites (N-methyl/N-ethyl adjacent to an activating group) is 1. The van der Waals surface area contributed by atoms with Gasteiger partial charge >= 0.3 is 0 Å². The Hall–Kier alpha value is -1.08. The molecule has 0 radical (unpaired) electrons. The zero-order valence-corrected chi connectivity index (χ0v) is 14.4. The van der Waals surface area contributed by atoms with Gasteiger partial charge < -0.3 is 9.64 Å². The molecule has 1 aromatic carbocycles. The molecule has 1 fully saturated rings. The summed E-state index contributed by atoms with van der Waals surface area (Å²) in [7, 11) is -1.41. The first-order chi connectivity index (χ1) is 9.72. The molecule has 1 amide bonds. The number of rotatable bonds is 4. The third-order valence-corrected chi connectivity index (χ3v) is 6.26. The standard InChI is InChI=1S/C14H18BrNO4S/c1-14(7-8-21(18,19)10-14)16(2)13(17)9-20-12-5-3-11(15)4-6-12/h3-6H,7-10H2,1-2H3/t14-/m0/s1. The third-order valence-electron chi connectivity index (χ3n) is 3.84. The highest BCUT2D eigenvalue weighted by Gasteiger charge is 2.43. The van der Waals surface area contributed by atoms with E-state index in [0.717, 1.165) is 4.47 Å². The molecule has 1 aliphatic heterocycles. The Bertz CT molecular complexity index is 629. The molecule has 0 aliphatic carbocycles. The first kappa shape index (κ1) is 16.3. The summed E-state index contributed by atoms with van der Waals surface area (Å²) in [5, 5.41) is 0. The molecule has 1 heterocycles. The number of amides is 1. The van der Waals surface area contributed by atoms with Gasteiger partial charge in [-0.25, -0.2) is 8.42 Å². The summed E-state index contributed by atoms with van der Waals surface area (Å²) in [5.74, 6) is 0.525. The molecular formula is C14H18BrNO4S. The van der Waals surface area contributed by atoms with Gasteiger partial charge in [0.1, 0.15) is 5.75 Å². The maximum atomic E-state index is 12.2. The number of sulfone groups is 1. The van der Waals surface area contributed by atoms with E-state index in [0.29, 0.717) is 12.2 Å². The Morgan fingerprint density at radius 2 is 2.00 bits per heavy atom. The van der Waals surface area contributed by atoms with Crippen molar-refractivity contribution in [3.05, 3.63) is 28.7 Å². The second kappa shape index (κ2) is 5.96. The number of carbonyl (C=O) groups is 1. The van der Waals surface area contributed by atoms with E-state index in [1.165, 1.54) is 4.90 Å².